The molecule has 0 aromatic heterocycles. The number of rotatable bonds is 4. The van der Waals surface area contributed by atoms with Crippen LogP contribution in [-0.4, -0.2) is 5.11 Å². The highest BCUT2D eigenvalue weighted by molar-refractivity contribution is 7.80. The molecule has 0 aliphatic heterocycles. The summed E-state index contributed by atoms with van der Waals surface area (Å²) in [5.74, 6) is -0.229. The van der Waals surface area contributed by atoms with E-state index in [0.29, 0.717) is 11.7 Å². The van der Waals surface area contributed by atoms with E-state index in [9.17, 15) is 4.39 Å². The highest BCUT2D eigenvalue weighted by Crippen LogP contribution is 2.10. The zero-order valence-corrected chi connectivity index (χ0v) is 12.1. The van der Waals surface area contributed by atoms with Crippen LogP contribution in [0.1, 0.15) is 24.1 Å². The molecule has 1 atom stereocenters. The summed E-state index contributed by atoms with van der Waals surface area (Å²) < 4.78 is 12.8. The van der Waals surface area contributed by atoms with Gasteiger partial charge in [-0.25, -0.2) is 4.39 Å². The number of halogens is 1. The van der Waals surface area contributed by atoms with E-state index in [1.54, 1.807) is 12.1 Å². The van der Waals surface area contributed by atoms with Gasteiger partial charge in [-0.3, -0.25) is 0 Å². The molecule has 0 heterocycles. The monoisotopic (exact) mass is 288 g/mol. The van der Waals surface area contributed by atoms with Crippen molar-refractivity contribution in [3.63, 3.8) is 0 Å². The average molecular weight is 288 g/mol. The molecule has 2 rings (SSSR count). The van der Waals surface area contributed by atoms with Crippen molar-refractivity contribution in [3.05, 3.63) is 71.5 Å². The van der Waals surface area contributed by atoms with Crippen LogP contribution < -0.4 is 10.6 Å². The summed E-state index contributed by atoms with van der Waals surface area (Å²) in [6, 6.07) is 16.6. The molecule has 4 heteroatoms. The lowest BCUT2D eigenvalue weighted by Crippen LogP contribution is -2.36. The van der Waals surface area contributed by atoms with Crippen molar-refractivity contribution < 1.29 is 4.39 Å². The third-order valence-corrected chi connectivity index (χ3v) is 3.28. The van der Waals surface area contributed by atoms with Crippen LogP contribution >= 0.6 is 12.2 Å². The Morgan fingerprint density at radius 2 is 1.75 bits per heavy atom. The standard InChI is InChI=1S/C16H17FN2S/c1-12(14-5-3-2-4-6-14)19-16(20)18-11-13-7-9-15(17)10-8-13/h2-10,12H,11H2,1H3,(H2,18,19,20)/t12-/m1/s1. The summed E-state index contributed by atoms with van der Waals surface area (Å²) in [5.41, 5.74) is 2.17. The number of hydrogen-bond acceptors (Lipinski definition) is 1. The SMILES string of the molecule is C[C@@H](NC(=S)NCc1ccc(F)cc1)c1ccccc1. The molecule has 0 unspecified atom stereocenters. The average Bonchev–Trinajstić information content (AvgIpc) is 2.47. The maximum Gasteiger partial charge on any atom is 0.167 e. The molecule has 0 radical (unpaired) electrons. The largest absolute Gasteiger partial charge is 0.359 e. The fourth-order valence-corrected chi connectivity index (χ4v) is 2.11. The predicted octanol–water partition coefficient (Wildman–Crippen LogP) is 3.55. The smallest absolute Gasteiger partial charge is 0.167 e. The van der Waals surface area contributed by atoms with Gasteiger partial charge in [0.15, 0.2) is 5.11 Å². The van der Waals surface area contributed by atoms with Crippen LogP contribution in [0, 0.1) is 5.82 Å². The second-order valence-electron chi connectivity index (χ2n) is 4.59. The van der Waals surface area contributed by atoms with Crippen molar-refractivity contribution in [2.75, 3.05) is 0 Å². The van der Waals surface area contributed by atoms with E-state index in [2.05, 4.69) is 29.7 Å². The maximum absolute atomic E-state index is 12.8. The van der Waals surface area contributed by atoms with Gasteiger partial charge in [0, 0.05) is 6.54 Å². The van der Waals surface area contributed by atoms with Crippen LogP contribution in [0.5, 0.6) is 0 Å². The summed E-state index contributed by atoms with van der Waals surface area (Å²) in [7, 11) is 0. The lowest BCUT2D eigenvalue weighted by atomic mass is 10.1. The molecule has 0 aliphatic rings. The van der Waals surface area contributed by atoms with E-state index < -0.39 is 0 Å². The fourth-order valence-electron chi connectivity index (χ4n) is 1.86. The van der Waals surface area contributed by atoms with Crippen LogP contribution in [0.2, 0.25) is 0 Å². The Labute approximate surface area is 124 Å². The van der Waals surface area contributed by atoms with Gasteiger partial charge >= 0.3 is 0 Å². The highest BCUT2D eigenvalue weighted by Gasteiger charge is 2.05. The van der Waals surface area contributed by atoms with Crippen molar-refractivity contribution in [1.82, 2.24) is 10.6 Å². The Hall–Kier alpha value is -1.94. The summed E-state index contributed by atoms with van der Waals surface area (Å²) in [4.78, 5) is 0. The molecule has 0 bridgehead atoms. The first-order valence-electron chi connectivity index (χ1n) is 6.49. The predicted molar refractivity (Wildman–Crippen MR) is 83.8 cm³/mol. The Kier molecular flexibility index (Phi) is 5.07. The van der Waals surface area contributed by atoms with Crippen LogP contribution in [-0.2, 0) is 6.54 Å². The summed E-state index contributed by atoms with van der Waals surface area (Å²) in [5, 5.41) is 6.93. The zero-order valence-electron chi connectivity index (χ0n) is 11.3. The minimum Gasteiger partial charge on any atom is -0.359 e. The molecule has 2 aromatic rings. The second-order valence-corrected chi connectivity index (χ2v) is 4.99. The molecule has 2 nitrogen and oxygen atoms in total. The zero-order chi connectivity index (χ0) is 14.4. The van der Waals surface area contributed by atoms with Crippen LogP contribution in [0.15, 0.2) is 54.6 Å². The molecule has 0 saturated heterocycles. The van der Waals surface area contributed by atoms with Gasteiger partial charge in [0.25, 0.3) is 0 Å². The molecule has 104 valence electrons. The molecule has 0 aliphatic carbocycles. The van der Waals surface area contributed by atoms with Crippen molar-refractivity contribution in [3.8, 4) is 0 Å². The second kappa shape index (κ2) is 7.01. The first-order valence-corrected chi connectivity index (χ1v) is 6.90. The van der Waals surface area contributed by atoms with Crippen LogP contribution in [0.3, 0.4) is 0 Å². The molecule has 0 spiro atoms. The number of nitrogens with one attached hydrogen (secondary N) is 2. The lowest BCUT2D eigenvalue weighted by molar-refractivity contribution is 0.626. The first kappa shape index (κ1) is 14.5. The van der Waals surface area contributed by atoms with E-state index in [-0.39, 0.29) is 11.9 Å². The van der Waals surface area contributed by atoms with Gasteiger partial charge in [-0.15, -0.1) is 0 Å². The quantitative estimate of drug-likeness (QED) is 0.841. The normalized spacial score (nSPS) is 11.7. The van der Waals surface area contributed by atoms with Crippen molar-refractivity contribution >= 4 is 17.3 Å². The van der Waals surface area contributed by atoms with Gasteiger partial charge in [-0.05, 0) is 42.4 Å². The maximum atomic E-state index is 12.8. The minimum absolute atomic E-state index is 0.143. The van der Waals surface area contributed by atoms with Crippen molar-refractivity contribution in [1.29, 1.82) is 0 Å². The summed E-state index contributed by atoms with van der Waals surface area (Å²) in [6.07, 6.45) is 0. The number of hydrogen-bond donors (Lipinski definition) is 2. The Morgan fingerprint density at radius 3 is 2.40 bits per heavy atom. The van der Waals surface area contributed by atoms with E-state index in [0.717, 1.165) is 5.56 Å². The fraction of sp³-hybridized carbons (Fsp3) is 0.188. The Morgan fingerprint density at radius 1 is 1.10 bits per heavy atom. The molecular weight excluding hydrogens is 271 g/mol. The molecule has 0 fully saturated rings. The van der Waals surface area contributed by atoms with E-state index in [4.69, 9.17) is 12.2 Å². The Bertz CT molecular complexity index is 554. The molecule has 20 heavy (non-hydrogen) atoms. The lowest BCUT2D eigenvalue weighted by Gasteiger charge is -2.17. The van der Waals surface area contributed by atoms with Gasteiger partial charge in [0.1, 0.15) is 5.82 Å². The van der Waals surface area contributed by atoms with Gasteiger partial charge in [-0.2, -0.15) is 0 Å². The molecule has 0 amide bonds. The van der Waals surface area contributed by atoms with Gasteiger partial charge in [0.05, 0.1) is 6.04 Å². The Balaban J connectivity index is 1.82. The number of thiocarbonyl (C=S) groups is 1. The molecule has 0 saturated carbocycles. The summed E-state index contributed by atoms with van der Waals surface area (Å²) >= 11 is 5.26. The molecule has 2 N–H and O–H groups in total. The van der Waals surface area contributed by atoms with Crippen molar-refractivity contribution in [2.45, 2.75) is 19.5 Å². The van der Waals surface area contributed by atoms with Crippen molar-refractivity contribution in [2.24, 2.45) is 0 Å². The van der Waals surface area contributed by atoms with Gasteiger partial charge in [0.2, 0.25) is 0 Å². The third kappa shape index (κ3) is 4.31. The topological polar surface area (TPSA) is 24.1 Å². The number of benzene rings is 2. The minimum atomic E-state index is -0.229. The van der Waals surface area contributed by atoms with Gasteiger partial charge in [-0.1, -0.05) is 42.5 Å². The highest BCUT2D eigenvalue weighted by atomic mass is 32.1. The first-order chi connectivity index (χ1) is 9.65. The van der Waals surface area contributed by atoms with E-state index in [1.807, 2.05) is 18.2 Å². The van der Waals surface area contributed by atoms with Crippen LogP contribution in [0.4, 0.5) is 4.39 Å². The molecule has 2 aromatic carbocycles. The van der Waals surface area contributed by atoms with E-state index >= 15 is 0 Å². The molecular formula is C16H17FN2S. The van der Waals surface area contributed by atoms with E-state index in [1.165, 1.54) is 17.7 Å². The third-order valence-electron chi connectivity index (χ3n) is 3.01. The summed E-state index contributed by atoms with van der Waals surface area (Å²) in [6.45, 7) is 2.63. The van der Waals surface area contributed by atoms with Gasteiger partial charge < -0.3 is 10.6 Å². The van der Waals surface area contributed by atoms with Crippen LogP contribution in [0.25, 0.3) is 0 Å².